The van der Waals surface area contributed by atoms with Gasteiger partial charge < -0.3 is 9.67 Å². The minimum absolute atomic E-state index is 0.323. The number of aromatic nitrogens is 2. The van der Waals surface area contributed by atoms with E-state index in [9.17, 15) is 18.3 Å². The van der Waals surface area contributed by atoms with Crippen LogP contribution < -0.4 is 0 Å². The molecule has 0 spiro atoms. The molecule has 3 aromatic carbocycles. The van der Waals surface area contributed by atoms with Crippen LogP contribution in [0.15, 0.2) is 91.1 Å². The van der Waals surface area contributed by atoms with Gasteiger partial charge in [0.1, 0.15) is 5.82 Å². The van der Waals surface area contributed by atoms with Crippen molar-refractivity contribution in [2.45, 2.75) is 11.8 Å². The Bertz CT molecular complexity index is 1140. The maximum absolute atomic E-state index is 13.0. The molecule has 1 N–H and O–H groups in total. The van der Waals surface area contributed by atoms with Crippen LogP contribution in [0.25, 0.3) is 11.4 Å². The van der Waals surface area contributed by atoms with Gasteiger partial charge in [-0.15, -0.1) is 0 Å². The first kappa shape index (κ1) is 19.9. The number of rotatable bonds is 4. The van der Waals surface area contributed by atoms with Crippen molar-refractivity contribution in [3.8, 4) is 11.4 Å². The molecule has 30 heavy (non-hydrogen) atoms. The number of imidazole rings is 1. The number of halogens is 3. The molecule has 4 rings (SSSR count). The summed E-state index contributed by atoms with van der Waals surface area (Å²) in [5, 5.41) is 11.9. The molecule has 0 saturated heterocycles. The lowest BCUT2D eigenvalue weighted by Gasteiger charge is -2.30. The molecule has 1 heterocycles. The van der Waals surface area contributed by atoms with Gasteiger partial charge in [0.25, 0.3) is 0 Å². The quantitative estimate of drug-likeness (QED) is 0.492. The zero-order valence-corrected chi connectivity index (χ0v) is 16.1. The number of benzene rings is 3. The van der Waals surface area contributed by atoms with Crippen LogP contribution in [0.3, 0.4) is 0 Å². The Balaban J connectivity index is 1.90. The molecule has 152 valence electrons. The Kier molecular flexibility index (Phi) is 4.95. The summed E-state index contributed by atoms with van der Waals surface area (Å²) in [6, 6.07) is 22.9. The van der Waals surface area contributed by atoms with Gasteiger partial charge >= 0.3 is 6.18 Å². The third-order valence-electron chi connectivity index (χ3n) is 5.21. The van der Waals surface area contributed by atoms with Crippen molar-refractivity contribution in [1.29, 1.82) is 0 Å². The van der Waals surface area contributed by atoms with Gasteiger partial charge in [-0.25, -0.2) is 4.98 Å². The third-order valence-corrected chi connectivity index (χ3v) is 5.21. The highest BCUT2D eigenvalue weighted by Crippen LogP contribution is 2.39. The number of nitrogens with zero attached hydrogens (tertiary/aromatic N) is 2. The van der Waals surface area contributed by atoms with E-state index in [0.717, 1.165) is 17.7 Å². The second kappa shape index (κ2) is 7.46. The molecule has 1 aromatic heterocycles. The predicted octanol–water partition coefficient (Wildman–Crippen LogP) is 5.39. The van der Waals surface area contributed by atoms with Crippen molar-refractivity contribution in [2.24, 2.45) is 7.05 Å². The van der Waals surface area contributed by atoms with Gasteiger partial charge in [0, 0.05) is 12.6 Å². The van der Waals surface area contributed by atoms with Gasteiger partial charge in [0.05, 0.1) is 17.5 Å². The van der Waals surface area contributed by atoms with Gasteiger partial charge in [-0.1, -0.05) is 72.8 Å². The first-order valence-electron chi connectivity index (χ1n) is 9.35. The molecule has 1 unspecified atom stereocenters. The van der Waals surface area contributed by atoms with Crippen LogP contribution in [0.5, 0.6) is 0 Å². The Morgan fingerprint density at radius 2 is 1.23 bits per heavy atom. The van der Waals surface area contributed by atoms with E-state index >= 15 is 0 Å². The second-order valence-corrected chi connectivity index (χ2v) is 7.04. The molecule has 0 bridgehead atoms. The normalized spacial score (nSPS) is 13.8. The maximum atomic E-state index is 13.0. The lowest BCUT2D eigenvalue weighted by atomic mass is 9.83. The molecule has 0 aliphatic heterocycles. The Labute approximate surface area is 172 Å². The van der Waals surface area contributed by atoms with Crippen LogP contribution in [-0.4, -0.2) is 14.7 Å². The molecule has 0 amide bonds. The van der Waals surface area contributed by atoms with E-state index in [1.54, 1.807) is 42.1 Å². The highest BCUT2D eigenvalue weighted by molar-refractivity contribution is 5.57. The average molecular weight is 408 g/mol. The fraction of sp³-hybridized carbons (Fsp3) is 0.125. The summed E-state index contributed by atoms with van der Waals surface area (Å²) in [5.41, 5.74) is -0.269. The Morgan fingerprint density at radius 3 is 1.80 bits per heavy atom. The van der Waals surface area contributed by atoms with Crippen molar-refractivity contribution < 1.29 is 18.3 Å². The summed E-state index contributed by atoms with van der Waals surface area (Å²) >= 11 is 0. The first-order chi connectivity index (χ1) is 14.3. The van der Waals surface area contributed by atoms with Crippen LogP contribution in [0.1, 0.15) is 22.4 Å². The van der Waals surface area contributed by atoms with Gasteiger partial charge in [0.15, 0.2) is 5.60 Å². The van der Waals surface area contributed by atoms with Gasteiger partial charge in [-0.2, -0.15) is 13.2 Å². The van der Waals surface area contributed by atoms with Gasteiger partial charge in [0.2, 0.25) is 0 Å². The standard InChI is InChI=1S/C24H19F3N2O/c1-29-21(16-28-22(29)17-8-4-2-5-9-17)23(30,18-10-6-3-7-11-18)19-12-14-20(15-13-19)24(25,26)27/h2-16,30H,1H3. The van der Waals surface area contributed by atoms with Crippen LogP contribution in [0.2, 0.25) is 0 Å². The molecule has 0 aliphatic carbocycles. The Hall–Kier alpha value is -3.38. The van der Waals surface area contributed by atoms with E-state index in [4.69, 9.17) is 0 Å². The summed E-state index contributed by atoms with van der Waals surface area (Å²) in [6.45, 7) is 0. The van der Waals surface area contributed by atoms with Crippen LogP contribution in [-0.2, 0) is 18.8 Å². The topological polar surface area (TPSA) is 38.0 Å². The van der Waals surface area contributed by atoms with E-state index in [1.165, 1.54) is 12.1 Å². The summed E-state index contributed by atoms with van der Waals surface area (Å²) in [4.78, 5) is 4.48. The highest BCUT2D eigenvalue weighted by Gasteiger charge is 2.38. The summed E-state index contributed by atoms with van der Waals surface area (Å²) in [5.74, 6) is 0.645. The lowest BCUT2D eigenvalue weighted by molar-refractivity contribution is -0.137. The third kappa shape index (κ3) is 3.39. The van der Waals surface area contributed by atoms with E-state index in [2.05, 4.69) is 4.98 Å². The molecule has 3 nitrogen and oxygen atoms in total. The second-order valence-electron chi connectivity index (χ2n) is 7.04. The molecular weight excluding hydrogens is 389 g/mol. The van der Waals surface area contributed by atoms with E-state index in [1.807, 2.05) is 36.4 Å². The van der Waals surface area contributed by atoms with Crippen LogP contribution in [0, 0.1) is 0 Å². The Morgan fingerprint density at radius 1 is 0.733 bits per heavy atom. The van der Waals surface area contributed by atoms with Crippen LogP contribution in [0.4, 0.5) is 13.2 Å². The molecular formula is C24H19F3N2O. The number of hydrogen-bond donors (Lipinski definition) is 1. The molecule has 0 aliphatic rings. The smallest absolute Gasteiger partial charge is 0.374 e. The van der Waals surface area contributed by atoms with Crippen LogP contribution >= 0.6 is 0 Å². The summed E-state index contributed by atoms with van der Waals surface area (Å²) in [7, 11) is 1.78. The summed E-state index contributed by atoms with van der Waals surface area (Å²) in [6.07, 6.45) is -2.89. The maximum Gasteiger partial charge on any atom is 0.416 e. The number of hydrogen-bond acceptors (Lipinski definition) is 2. The van der Waals surface area contributed by atoms with Crippen molar-refractivity contribution in [3.05, 3.63) is 114 Å². The monoisotopic (exact) mass is 408 g/mol. The molecule has 1 atom stereocenters. The average Bonchev–Trinajstić information content (AvgIpc) is 3.15. The minimum atomic E-state index is -4.45. The fourth-order valence-corrected chi connectivity index (χ4v) is 3.64. The van der Waals surface area contributed by atoms with Crippen molar-refractivity contribution in [1.82, 2.24) is 9.55 Å². The number of aliphatic hydroxyl groups is 1. The first-order valence-corrected chi connectivity index (χ1v) is 9.35. The number of alkyl halides is 3. The van der Waals surface area contributed by atoms with Crippen molar-refractivity contribution in [2.75, 3.05) is 0 Å². The SMILES string of the molecule is Cn1c(C(O)(c2ccccc2)c2ccc(C(F)(F)F)cc2)cnc1-c1ccccc1. The molecule has 0 fully saturated rings. The van der Waals surface area contributed by atoms with Gasteiger partial charge in [-0.3, -0.25) is 0 Å². The zero-order valence-electron chi connectivity index (χ0n) is 16.1. The zero-order chi connectivity index (χ0) is 21.4. The fourth-order valence-electron chi connectivity index (χ4n) is 3.64. The molecule has 0 radical (unpaired) electrons. The minimum Gasteiger partial charge on any atom is -0.374 e. The summed E-state index contributed by atoms with van der Waals surface area (Å²) < 4.78 is 40.9. The largest absolute Gasteiger partial charge is 0.416 e. The van der Waals surface area contributed by atoms with E-state index in [0.29, 0.717) is 22.6 Å². The van der Waals surface area contributed by atoms with E-state index in [-0.39, 0.29) is 0 Å². The lowest BCUT2D eigenvalue weighted by Crippen LogP contribution is -2.31. The van der Waals surface area contributed by atoms with Gasteiger partial charge in [-0.05, 0) is 23.3 Å². The van der Waals surface area contributed by atoms with Crippen molar-refractivity contribution in [3.63, 3.8) is 0 Å². The molecule has 6 heteroatoms. The van der Waals surface area contributed by atoms with Crippen molar-refractivity contribution >= 4 is 0 Å². The predicted molar refractivity (Wildman–Crippen MR) is 109 cm³/mol. The highest BCUT2D eigenvalue weighted by atomic mass is 19.4. The molecule has 0 saturated carbocycles. The van der Waals surface area contributed by atoms with E-state index < -0.39 is 17.3 Å². The molecule has 4 aromatic rings.